The number of ether oxygens (including phenoxy) is 2. The predicted octanol–water partition coefficient (Wildman–Crippen LogP) is 1.54. The smallest absolute Gasteiger partial charge is 0.238 e. The van der Waals surface area contributed by atoms with Gasteiger partial charge in [-0.25, -0.2) is 0 Å². The highest BCUT2D eigenvalue weighted by Gasteiger charge is 2.13. The van der Waals surface area contributed by atoms with Crippen LogP contribution in [0.1, 0.15) is 5.56 Å². The van der Waals surface area contributed by atoms with Crippen molar-refractivity contribution in [2.24, 2.45) is 0 Å². The molecule has 1 aliphatic rings. The van der Waals surface area contributed by atoms with Gasteiger partial charge in [-0.1, -0.05) is 18.2 Å². The van der Waals surface area contributed by atoms with Gasteiger partial charge in [-0.05, 0) is 11.6 Å². The molecule has 2 rings (SSSR count). The normalized spacial score (nSPS) is 14.4. The van der Waals surface area contributed by atoms with E-state index in [0.29, 0.717) is 13.2 Å². The van der Waals surface area contributed by atoms with Gasteiger partial charge < -0.3 is 20.1 Å². The maximum atomic E-state index is 12.0. The first-order valence-electron chi connectivity index (χ1n) is 7.67. The molecule has 1 amide bonds. The first-order chi connectivity index (χ1) is 10.8. The Balaban J connectivity index is 0.00000264. The van der Waals surface area contributed by atoms with Crippen molar-refractivity contribution < 1.29 is 14.3 Å². The van der Waals surface area contributed by atoms with E-state index in [9.17, 15) is 4.79 Å². The average Bonchev–Trinajstić information content (AvgIpc) is 2.54. The summed E-state index contributed by atoms with van der Waals surface area (Å²) in [4.78, 5) is 14.3. The largest absolute Gasteiger partial charge is 0.383 e. The molecule has 0 spiro atoms. The van der Waals surface area contributed by atoms with Gasteiger partial charge in [-0.15, -0.1) is 24.8 Å². The second-order valence-corrected chi connectivity index (χ2v) is 5.26. The number of carbonyl (C=O) groups is 1. The van der Waals surface area contributed by atoms with Gasteiger partial charge >= 0.3 is 0 Å². The Kier molecular flexibility index (Phi) is 12.9. The summed E-state index contributed by atoms with van der Waals surface area (Å²) >= 11 is 0. The maximum Gasteiger partial charge on any atom is 0.238 e. The van der Waals surface area contributed by atoms with Crippen LogP contribution in [0, 0.1) is 0 Å². The van der Waals surface area contributed by atoms with Crippen molar-refractivity contribution in [2.75, 3.05) is 58.4 Å². The van der Waals surface area contributed by atoms with Crippen molar-refractivity contribution in [3.05, 3.63) is 29.8 Å². The highest BCUT2D eigenvalue weighted by atomic mass is 35.5. The molecule has 24 heavy (non-hydrogen) atoms. The Morgan fingerprint density at radius 2 is 1.96 bits per heavy atom. The number of halogens is 2. The summed E-state index contributed by atoms with van der Waals surface area (Å²) in [5.41, 5.74) is 2.02. The number of benzene rings is 1. The monoisotopic (exact) mass is 379 g/mol. The highest BCUT2D eigenvalue weighted by molar-refractivity contribution is 5.92. The predicted molar refractivity (Wildman–Crippen MR) is 100 cm³/mol. The molecule has 0 atom stereocenters. The molecule has 1 saturated heterocycles. The van der Waals surface area contributed by atoms with E-state index < -0.39 is 0 Å². The van der Waals surface area contributed by atoms with Gasteiger partial charge in [-0.2, -0.15) is 0 Å². The molecule has 1 aromatic carbocycles. The fraction of sp³-hybridized carbons (Fsp3) is 0.562. The highest BCUT2D eigenvalue weighted by Crippen LogP contribution is 2.17. The van der Waals surface area contributed by atoms with E-state index >= 15 is 0 Å². The Morgan fingerprint density at radius 1 is 1.25 bits per heavy atom. The van der Waals surface area contributed by atoms with E-state index in [2.05, 4.69) is 21.6 Å². The second-order valence-electron chi connectivity index (χ2n) is 5.26. The number of amides is 1. The molecule has 2 N–H and O–H groups in total. The standard InChI is InChI=1S/C16H25N3O3.2ClH/c1-21-9-6-17-12-16(20)18-15-5-3-2-4-14(15)13-19-7-10-22-11-8-19;;/h2-5,17H,6-13H2,1H3,(H,18,20);2*1H. The average molecular weight is 380 g/mol. The summed E-state index contributed by atoms with van der Waals surface area (Å²) in [5, 5.41) is 6.02. The molecular weight excluding hydrogens is 353 g/mol. The van der Waals surface area contributed by atoms with E-state index in [4.69, 9.17) is 9.47 Å². The third kappa shape index (κ3) is 8.28. The molecule has 138 valence electrons. The molecule has 6 nitrogen and oxygen atoms in total. The lowest BCUT2D eigenvalue weighted by atomic mass is 10.1. The molecule has 1 aliphatic heterocycles. The van der Waals surface area contributed by atoms with Crippen molar-refractivity contribution in [1.82, 2.24) is 10.2 Å². The van der Waals surface area contributed by atoms with Gasteiger partial charge in [0, 0.05) is 39.0 Å². The third-order valence-electron chi connectivity index (χ3n) is 3.56. The minimum atomic E-state index is -0.0365. The fourth-order valence-electron chi connectivity index (χ4n) is 2.35. The number of para-hydroxylation sites is 1. The number of rotatable bonds is 8. The first-order valence-corrected chi connectivity index (χ1v) is 7.67. The van der Waals surface area contributed by atoms with Crippen molar-refractivity contribution in [3.63, 3.8) is 0 Å². The zero-order valence-corrected chi connectivity index (χ0v) is 15.6. The maximum absolute atomic E-state index is 12.0. The number of hydrogen-bond acceptors (Lipinski definition) is 5. The van der Waals surface area contributed by atoms with Gasteiger partial charge in [0.2, 0.25) is 5.91 Å². The fourth-order valence-corrected chi connectivity index (χ4v) is 2.35. The topological polar surface area (TPSA) is 62.8 Å². The molecule has 0 bridgehead atoms. The van der Waals surface area contributed by atoms with E-state index in [-0.39, 0.29) is 37.3 Å². The van der Waals surface area contributed by atoms with Crippen LogP contribution < -0.4 is 10.6 Å². The first kappa shape index (κ1) is 23.1. The number of nitrogens with zero attached hydrogens (tertiary/aromatic N) is 1. The van der Waals surface area contributed by atoms with Crippen LogP contribution in [-0.4, -0.2) is 63.9 Å². The zero-order valence-electron chi connectivity index (χ0n) is 14.0. The molecule has 0 unspecified atom stereocenters. The van der Waals surface area contributed by atoms with Gasteiger partial charge in [0.05, 0.1) is 26.4 Å². The van der Waals surface area contributed by atoms with Crippen molar-refractivity contribution in [3.8, 4) is 0 Å². The van der Waals surface area contributed by atoms with E-state index in [1.165, 1.54) is 0 Å². The number of methoxy groups -OCH3 is 1. The van der Waals surface area contributed by atoms with E-state index in [1.54, 1.807) is 7.11 Å². The molecule has 0 saturated carbocycles. The van der Waals surface area contributed by atoms with Crippen molar-refractivity contribution in [2.45, 2.75) is 6.54 Å². The van der Waals surface area contributed by atoms with Crippen LogP contribution in [-0.2, 0) is 20.8 Å². The molecule has 1 aromatic rings. The van der Waals surface area contributed by atoms with Crippen molar-refractivity contribution >= 4 is 36.4 Å². The van der Waals surface area contributed by atoms with Gasteiger partial charge in [-0.3, -0.25) is 9.69 Å². The SMILES string of the molecule is COCCNCC(=O)Nc1ccccc1CN1CCOCC1.Cl.Cl. The van der Waals surface area contributed by atoms with Gasteiger partial charge in [0.25, 0.3) is 0 Å². The lowest BCUT2D eigenvalue weighted by Crippen LogP contribution is -2.36. The van der Waals surface area contributed by atoms with Gasteiger partial charge in [0.15, 0.2) is 0 Å². The summed E-state index contributed by atoms with van der Waals surface area (Å²) in [7, 11) is 1.64. The third-order valence-corrected chi connectivity index (χ3v) is 3.56. The molecule has 0 aromatic heterocycles. The Morgan fingerprint density at radius 3 is 2.67 bits per heavy atom. The van der Waals surface area contributed by atoms with Crippen LogP contribution in [0.15, 0.2) is 24.3 Å². The van der Waals surface area contributed by atoms with Crippen LogP contribution >= 0.6 is 24.8 Å². The van der Waals surface area contributed by atoms with Crippen LogP contribution in [0.25, 0.3) is 0 Å². The lowest BCUT2D eigenvalue weighted by molar-refractivity contribution is -0.115. The quantitative estimate of drug-likeness (QED) is 0.670. The molecule has 1 fully saturated rings. The van der Waals surface area contributed by atoms with E-state index in [0.717, 1.165) is 44.1 Å². The van der Waals surface area contributed by atoms with Crippen molar-refractivity contribution in [1.29, 1.82) is 0 Å². The summed E-state index contributed by atoms with van der Waals surface area (Å²) in [6, 6.07) is 7.95. The van der Waals surface area contributed by atoms with E-state index in [1.807, 2.05) is 18.2 Å². The molecule has 0 aliphatic carbocycles. The number of hydrogen-bond donors (Lipinski definition) is 2. The van der Waals surface area contributed by atoms with Crippen LogP contribution in [0.3, 0.4) is 0 Å². The molecule has 0 radical (unpaired) electrons. The van der Waals surface area contributed by atoms with Crippen LogP contribution in [0.4, 0.5) is 5.69 Å². The number of carbonyl (C=O) groups excluding carboxylic acids is 1. The summed E-state index contributed by atoms with van der Waals surface area (Å²) < 4.78 is 10.3. The van der Waals surface area contributed by atoms with Crippen LogP contribution in [0.5, 0.6) is 0 Å². The summed E-state index contributed by atoms with van der Waals surface area (Å²) in [6.07, 6.45) is 0. The van der Waals surface area contributed by atoms with Crippen LogP contribution in [0.2, 0.25) is 0 Å². The Hall–Kier alpha value is -0.890. The zero-order chi connectivity index (χ0) is 15.6. The minimum Gasteiger partial charge on any atom is -0.383 e. The lowest BCUT2D eigenvalue weighted by Gasteiger charge is -2.27. The Labute approximate surface area is 156 Å². The molecule has 8 heteroatoms. The Bertz CT molecular complexity index is 472. The minimum absolute atomic E-state index is 0. The second kappa shape index (κ2) is 13.4. The number of morpholine rings is 1. The number of nitrogens with one attached hydrogen (secondary N) is 2. The molecule has 1 heterocycles. The number of anilines is 1. The van der Waals surface area contributed by atoms with Gasteiger partial charge in [0.1, 0.15) is 0 Å². The molecular formula is C16H27Cl2N3O3. The summed E-state index contributed by atoms with van der Waals surface area (Å²) in [6.45, 7) is 5.80. The summed E-state index contributed by atoms with van der Waals surface area (Å²) in [5.74, 6) is -0.0365.